The number of benzene rings is 2. The normalized spacial score (nSPS) is 15.2. The minimum atomic E-state index is -0.503. The fraction of sp³-hybridized carbons (Fsp3) is 0.296. The molecule has 0 saturated carbocycles. The molecule has 194 valence electrons. The van der Waals surface area contributed by atoms with Gasteiger partial charge in [0.2, 0.25) is 11.8 Å². The van der Waals surface area contributed by atoms with E-state index in [0.29, 0.717) is 41.5 Å². The predicted molar refractivity (Wildman–Crippen MR) is 152 cm³/mol. The van der Waals surface area contributed by atoms with Gasteiger partial charge in [-0.1, -0.05) is 51.3 Å². The van der Waals surface area contributed by atoms with E-state index in [1.165, 1.54) is 24.5 Å². The smallest absolute Gasteiger partial charge is 0.307 e. The molecule has 0 radical (unpaired) electrons. The number of nitrogens with one attached hydrogen (secondary N) is 1. The van der Waals surface area contributed by atoms with E-state index in [-0.39, 0.29) is 24.2 Å². The third kappa shape index (κ3) is 6.74. The van der Waals surface area contributed by atoms with Crippen LogP contribution in [0, 0.1) is 5.92 Å². The van der Waals surface area contributed by atoms with Crippen LogP contribution in [0.5, 0.6) is 0 Å². The Morgan fingerprint density at radius 1 is 1.19 bits per heavy atom. The van der Waals surface area contributed by atoms with Crippen molar-refractivity contribution in [1.29, 1.82) is 0 Å². The number of hydrogen-bond acceptors (Lipinski definition) is 5. The summed E-state index contributed by atoms with van der Waals surface area (Å²) in [5.74, 6) is -0.942. The lowest BCUT2D eigenvalue weighted by Crippen LogP contribution is -2.43. The summed E-state index contributed by atoms with van der Waals surface area (Å²) in [6.07, 6.45) is 4.27. The van der Waals surface area contributed by atoms with E-state index < -0.39 is 12.0 Å². The molecule has 1 aliphatic rings. The Morgan fingerprint density at radius 3 is 2.65 bits per heavy atom. The number of esters is 1. The number of likely N-dealkylation sites (tertiary alicyclic amines) is 1. The Morgan fingerprint density at radius 2 is 1.95 bits per heavy atom. The van der Waals surface area contributed by atoms with Gasteiger partial charge in [-0.15, -0.1) is 11.3 Å². The van der Waals surface area contributed by atoms with Crippen LogP contribution in [0.2, 0.25) is 10.0 Å². The highest BCUT2D eigenvalue weighted by Crippen LogP contribution is 2.37. The van der Waals surface area contributed by atoms with Crippen molar-refractivity contribution >= 4 is 84.4 Å². The van der Waals surface area contributed by atoms with Crippen molar-refractivity contribution < 1.29 is 19.1 Å². The highest BCUT2D eigenvalue weighted by molar-refractivity contribution is 9.10. The number of methoxy groups -OCH3 is 1. The van der Waals surface area contributed by atoms with Crippen LogP contribution in [0.25, 0.3) is 16.2 Å². The first-order valence-corrected chi connectivity index (χ1v) is 14.1. The van der Waals surface area contributed by atoms with Crippen molar-refractivity contribution in [2.75, 3.05) is 20.2 Å². The second-order valence-corrected chi connectivity index (χ2v) is 11.3. The van der Waals surface area contributed by atoms with Crippen molar-refractivity contribution in [1.82, 2.24) is 10.2 Å². The van der Waals surface area contributed by atoms with Gasteiger partial charge in [0.25, 0.3) is 0 Å². The summed E-state index contributed by atoms with van der Waals surface area (Å²) in [5, 5.41) is 6.84. The molecule has 10 heteroatoms. The first kappa shape index (κ1) is 27.6. The van der Waals surface area contributed by atoms with Crippen LogP contribution in [0.4, 0.5) is 0 Å². The molecule has 2 heterocycles. The molecule has 1 N–H and O–H groups in total. The van der Waals surface area contributed by atoms with Crippen molar-refractivity contribution in [3.63, 3.8) is 0 Å². The second-order valence-electron chi connectivity index (χ2n) is 8.76. The minimum Gasteiger partial charge on any atom is -0.469 e. The summed E-state index contributed by atoms with van der Waals surface area (Å²) in [6.45, 7) is 0.912. The molecule has 2 aromatic carbocycles. The average molecular weight is 624 g/mol. The summed E-state index contributed by atoms with van der Waals surface area (Å²) in [5.41, 5.74) is 1.50. The lowest BCUT2D eigenvalue weighted by Gasteiger charge is -2.31. The van der Waals surface area contributed by atoms with Crippen LogP contribution < -0.4 is 5.32 Å². The first-order valence-electron chi connectivity index (χ1n) is 11.7. The van der Waals surface area contributed by atoms with Gasteiger partial charge in [0, 0.05) is 29.6 Å². The third-order valence-electron chi connectivity index (χ3n) is 6.40. The van der Waals surface area contributed by atoms with Gasteiger partial charge in [-0.05, 0) is 65.1 Å². The van der Waals surface area contributed by atoms with E-state index >= 15 is 0 Å². The largest absolute Gasteiger partial charge is 0.469 e. The number of fused-ring (bicyclic) bond motifs is 1. The lowest BCUT2D eigenvalue weighted by atomic mass is 9.94. The predicted octanol–water partition coefficient (Wildman–Crippen LogP) is 6.64. The maximum atomic E-state index is 13.1. The van der Waals surface area contributed by atoms with E-state index in [9.17, 15) is 14.4 Å². The molecule has 1 saturated heterocycles. The zero-order chi connectivity index (χ0) is 26.5. The quantitative estimate of drug-likeness (QED) is 0.236. The van der Waals surface area contributed by atoms with E-state index in [1.807, 2.05) is 41.8 Å². The van der Waals surface area contributed by atoms with E-state index in [1.54, 1.807) is 11.0 Å². The Balaban J connectivity index is 1.36. The van der Waals surface area contributed by atoms with Crippen LogP contribution in [0.3, 0.4) is 0 Å². The SMILES string of the molecule is COC(=O)CC(NC(=O)C1CCN(C(=O)C=Cc2cc3ccsc3c(Cl)c2Cl)CC1)c1cccc(Br)c1. The molecule has 0 aliphatic carbocycles. The van der Waals surface area contributed by atoms with Crippen LogP contribution in [-0.4, -0.2) is 42.9 Å². The van der Waals surface area contributed by atoms with Gasteiger partial charge in [-0.2, -0.15) is 0 Å². The maximum absolute atomic E-state index is 13.1. The molecule has 1 aromatic heterocycles. The van der Waals surface area contributed by atoms with Crippen LogP contribution >= 0.6 is 50.5 Å². The Bertz CT molecular complexity index is 1350. The summed E-state index contributed by atoms with van der Waals surface area (Å²) in [6, 6.07) is 10.8. The fourth-order valence-electron chi connectivity index (χ4n) is 4.33. The molecule has 37 heavy (non-hydrogen) atoms. The van der Waals surface area contributed by atoms with Gasteiger partial charge < -0.3 is 15.0 Å². The first-order chi connectivity index (χ1) is 17.8. The maximum Gasteiger partial charge on any atom is 0.307 e. The number of ether oxygens (including phenoxy) is 1. The van der Waals surface area contributed by atoms with Gasteiger partial charge in [0.05, 0.1) is 34.3 Å². The van der Waals surface area contributed by atoms with E-state index in [0.717, 1.165) is 20.1 Å². The number of thiophene rings is 1. The number of rotatable bonds is 7. The highest BCUT2D eigenvalue weighted by atomic mass is 79.9. The van der Waals surface area contributed by atoms with Gasteiger partial charge >= 0.3 is 5.97 Å². The number of carbonyl (C=O) groups is 3. The summed E-state index contributed by atoms with van der Waals surface area (Å²) in [7, 11) is 1.33. The monoisotopic (exact) mass is 622 g/mol. The summed E-state index contributed by atoms with van der Waals surface area (Å²) >= 11 is 17.7. The zero-order valence-corrected chi connectivity index (χ0v) is 23.9. The van der Waals surface area contributed by atoms with Gasteiger partial charge in [-0.25, -0.2) is 0 Å². The molecule has 1 atom stereocenters. The third-order valence-corrected chi connectivity index (χ3v) is 8.84. The molecule has 4 rings (SSSR count). The van der Waals surface area contributed by atoms with Crippen molar-refractivity contribution in [3.8, 4) is 0 Å². The fourth-order valence-corrected chi connectivity index (χ4v) is 6.19. The molecule has 1 fully saturated rings. The topological polar surface area (TPSA) is 75.7 Å². The number of nitrogens with zero attached hydrogens (tertiary/aromatic N) is 1. The number of halogens is 3. The van der Waals surface area contributed by atoms with Gasteiger partial charge in [0.1, 0.15) is 0 Å². The molecular weight excluding hydrogens is 599 g/mol. The standard InChI is InChI=1S/C27H25BrCl2N2O4S/c1-36-23(34)15-21(17-3-2-4-20(28)14-17)31-27(35)16-7-10-32(11-8-16)22(33)6-5-18-13-19-9-12-37-26(19)25(30)24(18)29/h2-6,9,12-14,16,21H,7-8,10-11,15H2,1H3,(H,31,35). The summed E-state index contributed by atoms with van der Waals surface area (Å²) < 4.78 is 6.59. The molecule has 2 amide bonds. The lowest BCUT2D eigenvalue weighted by molar-refractivity contribution is -0.141. The number of piperidine rings is 1. The number of hydrogen-bond donors (Lipinski definition) is 1. The van der Waals surface area contributed by atoms with E-state index in [4.69, 9.17) is 27.9 Å². The minimum absolute atomic E-state index is 0.0323. The molecule has 1 aliphatic heterocycles. The Kier molecular flexibility index (Phi) is 9.29. The second kappa shape index (κ2) is 12.4. The van der Waals surface area contributed by atoms with Crippen LogP contribution in [-0.2, 0) is 19.1 Å². The summed E-state index contributed by atoms with van der Waals surface area (Å²) in [4.78, 5) is 39.6. The van der Waals surface area contributed by atoms with E-state index in [2.05, 4.69) is 21.2 Å². The molecule has 0 bridgehead atoms. The average Bonchev–Trinajstić information content (AvgIpc) is 3.38. The Hall–Kier alpha value is -2.39. The van der Waals surface area contributed by atoms with Gasteiger partial charge in [-0.3, -0.25) is 14.4 Å². The van der Waals surface area contributed by atoms with Crippen molar-refractivity contribution in [2.45, 2.75) is 25.3 Å². The number of amides is 2. The zero-order valence-electron chi connectivity index (χ0n) is 20.0. The molecule has 3 aromatic rings. The molecule has 1 unspecified atom stereocenters. The van der Waals surface area contributed by atoms with Gasteiger partial charge in [0.15, 0.2) is 0 Å². The van der Waals surface area contributed by atoms with Crippen molar-refractivity contribution in [2.24, 2.45) is 5.92 Å². The Labute approximate surface area is 237 Å². The molecule has 0 spiro atoms. The number of carbonyl (C=O) groups excluding carboxylic acids is 3. The van der Waals surface area contributed by atoms with Crippen molar-refractivity contribution in [3.05, 3.63) is 73.5 Å². The highest BCUT2D eigenvalue weighted by Gasteiger charge is 2.29. The van der Waals surface area contributed by atoms with Crippen LogP contribution in [0.1, 0.15) is 36.4 Å². The van der Waals surface area contributed by atoms with Crippen LogP contribution in [0.15, 0.2) is 52.3 Å². The molecule has 6 nitrogen and oxygen atoms in total. The molecular formula is C27H25BrCl2N2O4S.